The summed E-state index contributed by atoms with van der Waals surface area (Å²) < 4.78 is 17.9. The molecule has 0 radical (unpaired) electrons. The fourth-order valence-corrected chi connectivity index (χ4v) is 2.75. The van der Waals surface area contributed by atoms with Crippen LogP contribution in [0.25, 0.3) is 10.8 Å². The maximum absolute atomic E-state index is 5.93. The molecule has 0 aromatic heterocycles. The largest absolute Gasteiger partial charge is 0.492 e. The van der Waals surface area contributed by atoms with Crippen molar-refractivity contribution in [2.24, 2.45) is 5.92 Å². The third kappa shape index (κ3) is 3.32. The first-order valence-corrected chi connectivity index (χ1v) is 7.59. The molecule has 3 rings (SSSR count). The molecule has 0 amide bonds. The van der Waals surface area contributed by atoms with Gasteiger partial charge in [-0.2, -0.15) is 0 Å². The van der Waals surface area contributed by atoms with Gasteiger partial charge in [0.2, 0.25) is 0 Å². The van der Waals surface area contributed by atoms with Gasteiger partial charge in [-0.1, -0.05) is 24.3 Å². The molecule has 2 aromatic carbocycles. The highest BCUT2D eigenvalue weighted by atomic mass is 79.9. The van der Waals surface area contributed by atoms with Crippen molar-refractivity contribution < 1.29 is 14.2 Å². The van der Waals surface area contributed by atoms with Crippen LogP contribution in [0.1, 0.15) is 0 Å². The minimum atomic E-state index is 0.288. The zero-order valence-corrected chi connectivity index (χ0v) is 12.8. The summed E-state index contributed by atoms with van der Waals surface area (Å²) in [6.07, 6.45) is 0. The minimum absolute atomic E-state index is 0.288. The maximum atomic E-state index is 5.93. The molecule has 1 heterocycles. The van der Waals surface area contributed by atoms with Crippen LogP contribution >= 0.6 is 15.9 Å². The molecular weight excluding hydrogens is 320 g/mol. The average Bonchev–Trinajstić information content (AvgIpc) is 2.74. The van der Waals surface area contributed by atoms with Crippen LogP contribution in [0, 0.1) is 5.92 Å². The maximum Gasteiger partial charge on any atom is 0.134 e. The molecular formula is C16H17BrO3. The zero-order chi connectivity index (χ0) is 13.8. The highest BCUT2D eigenvalue weighted by Crippen LogP contribution is 2.30. The van der Waals surface area contributed by atoms with E-state index in [2.05, 4.69) is 40.2 Å². The van der Waals surface area contributed by atoms with Crippen LogP contribution in [-0.2, 0) is 9.47 Å². The van der Waals surface area contributed by atoms with Gasteiger partial charge in [-0.25, -0.2) is 0 Å². The van der Waals surface area contributed by atoms with Gasteiger partial charge in [0.05, 0.1) is 37.5 Å². The van der Waals surface area contributed by atoms with Crippen LogP contribution < -0.4 is 4.74 Å². The number of benzene rings is 2. The van der Waals surface area contributed by atoms with E-state index in [0.29, 0.717) is 33.0 Å². The topological polar surface area (TPSA) is 27.7 Å². The predicted octanol–water partition coefficient (Wildman–Crippen LogP) is 3.64. The van der Waals surface area contributed by atoms with Crippen molar-refractivity contribution in [2.75, 3.05) is 33.0 Å². The predicted molar refractivity (Wildman–Crippen MR) is 82.3 cm³/mol. The van der Waals surface area contributed by atoms with Gasteiger partial charge >= 0.3 is 0 Å². The summed E-state index contributed by atoms with van der Waals surface area (Å²) in [5, 5.41) is 2.38. The lowest BCUT2D eigenvalue weighted by Gasteiger charge is -2.15. The number of halogens is 1. The Morgan fingerprint density at radius 2 is 1.70 bits per heavy atom. The van der Waals surface area contributed by atoms with E-state index in [-0.39, 0.29) is 5.92 Å². The lowest BCUT2D eigenvalue weighted by Crippen LogP contribution is -2.20. The second kappa shape index (κ2) is 6.57. The summed E-state index contributed by atoms with van der Waals surface area (Å²) in [6, 6.07) is 12.4. The number of fused-ring (bicyclic) bond motifs is 1. The van der Waals surface area contributed by atoms with Gasteiger partial charge in [-0.3, -0.25) is 0 Å². The molecule has 3 nitrogen and oxygen atoms in total. The Balaban J connectivity index is 1.71. The number of hydrogen-bond acceptors (Lipinski definition) is 3. The summed E-state index contributed by atoms with van der Waals surface area (Å²) in [5.74, 6) is 1.16. The first kappa shape index (κ1) is 13.9. The van der Waals surface area contributed by atoms with Crippen LogP contribution in [0.15, 0.2) is 40.9 Å². The third-order valence-corrected chi connectivity index (χ3v) is 3.97. The number of ether oxygens (including phenoxy) is 3. The fourth-order valence-electron chi connectivity index (χ4n) is 2.27. The van der Waals surface area contributed by atoms with Crippen molar-refractivity contribution in [3.63, 3.8) is 0 Å². The Morgan fingerprint density at radius 3 is 2.40 bits per heavy atom. The first-order valence-electron chi connectivity index (χ1n) is 6.79. The molecule has 106 valence electrons. The van der Waals surface area contributed by atoms with Crippen LogP contribution in [0.4, 0.5) is 0 Å². The van der Waals surface area contributed by atoms with E-state index >= 15 is 0 Å². The van der Waals surface area contributed by atoms with Crippen molar-refractivity contribution in [3.05, 3.63) is 40.9 Å². The average molecular weight is 337 g/mol. The van der Waals surface area contributed by atoms with E-state index in [1.165, 1.54) is 10.8 Å². The monoisotopic (exact) mass is 336 g/mol. The summed E-state index contributed by atoms with van der Waals surface area (Å²) in [5.41, 5.74) is 0. The molecule has 0 aliphatic carbocycles. The fraction of sp³-hybridized carbons (Fsp3) is 0.375. The third-order valence-electron chi connectivity index (χ3n) is 3.35. The standard InChI is InChI=1S/C16H17BrO3/c17-15-7-13-3-1-2-4-14(13)8-16(15)20-11-12-9-18-5-6-19-10-12/h1-4,7-8,12H,5-6,9-11H2. The van der Waals surface area contributed by atoms with E-state index in [9.17, 15) is 0 Å². The lowest BCUT2D eigenvalue weighted by atomic mass is 10.1. The van der Waals surface area contributed by atoms with Gasteiger partial charge in [0.15, 0.2) is 0 Å². The summed E-state index contributed by atoms with van der Waals surface area (Å²) >= 11 is 3.57. The SMILES string of the molecule is Brc1cc2ccccc2cc1OCC1COCCOC1. The molecule has 0 spiro atoms. The van der Waals surface area contributed by atoms with E-state index in [1.807, 2.05) is 12.1 Å². The molecule has 1 aliphatic heterocycles. The van der Waals surface area contributed by atoms with E-state index < -0.39 is 0 Å². The van der Waals surface area contributed by atoms with Crippen molar-refractivity contribution in [3.8, 4) is 5.75 Å². The molecule has 0 bridgehead atoms. The quantitative estimate of drug-likeness (QED) is 0.856. The highest BCUT2D eigenvalue weighted by Gasteiger charge is 2.14. The molecule has 1 saturated heterocycles. The molecule has 0 unspecified atom stereocenters. The van der Waals surface area contributed by atoms with Crippen LogP contribution in [0.3, 0.4) is 0 Å². The van der Waals surface area contributed by atoms with E-state index in [1.54, 1.807) is 0 Å². The van der Waals surface area contributed by atoms with Crippen LogP contribution in [0.5, 0.6) is 5.75 Å². The van der Waals surface area contributed by atoms with Crippen molar-refractivity contribution in [1.82, 2.24) is 0 Å². The molecule has 2 aromatic rings. The molecule has 0 atom stereocenters. The van der Waals surface area contributed by atoms with Gasteiger partial charge in [0.25, 0.3) is 0 Å². The van der Waals surface area contributed by atoms with Crippen molar-refractivity contribution in [1.29, 1.82) is 0 Å². The van der Waals surface area contributed by atoms with E-state index in [0.717, 1.165) is 10.2 Å². The minimum Gasteiger partial charge on any atom is -0.492 e. The van der Waals surface area contributed by atoms with Crippen LogP contribution in [0.2, 0.25) is 0 Å². The Morgan fingerprint density at radius 1 is 1.05 bits per heavy atom. The van der Waals surface area contributed by atoms with Gasteiger partial charge in [-0.05, 0) is 38.8 Å². The van der Waals surface area contributed by atoms with E-state index in [4.69, 9.17) is 14.2 Å². The van der Waals surface area contributed by atoms with Gasteiger partial charge in [0, 0.05) is 5.92 Å². The highest BCUT2D eigenvalue weighted by molar-refractivity contribution is 9.10. The van der Waals surface area contributed by atoms with Gasteiger partial charge in [-0.15, -0.1) is 0 Å². The molecule has 0 saturated carbocycles. The van der Waals surface area contributed by atoms with Gasteiger partial charge in [0.1, 0.15) is 5.75 Å². The Labute approximate surface area is 127 Å². The molecule has 20 heavy (non-hydrogen) atoms. The van der Waals surface area contributed by atoms with Crippen molar-refractivity contribution in [2.45, 2.75) is 0 Å². The molecule has 4 heteroatoms. The van der Waals surface area contributed by atoms with Gasteiger partial charge < -0.3 is 14.2 Å². The normalized spacial score (nSPS) is 17.1. The first-order chi connectivity index (χ1) is 9.83. The lowest BCUT2D eigenvalue weighted by molar-refractivity contribution is 0.101. The van der Waals surface area contributed by atoms with Crippen molar-refractivity contribution >= 4 is 26.7 Å². The smallest absolute Gasteiger partial charge is 0.134 e. The molecule has 0 N–H and O–H groups in total. The summed E-state index contributed by atoms with van der Waals surface area (Å²) in [4.78, 5) is 0. The Kier molecular flexibility index (Phi) is 4.55. The number of rotatable bonds is 3. The molecule has 1 aliphatic rings. The number of hydrogen-bond donors (Lipinski definition) is 0. The molecule has 1 fully saturated rings. The second-order valence-corrected chi connectivity index (χ2v) is 5.81. The second-order valence-electron chi connectivity index (χ2n) is 4.96. The zero-order valence-electron chi connectivity index (χ0n) is 11.2. The summed E-state index contributed by atoms with van der Waals surface area (Å²) in [7, 11) is 0. The summed E-state index contributed by atoms with van der Waals surface area (Å²) in [6.45, 7) is 3.36. The Hall–Kier alpha value is -1.10. The Bertz CT molecular complexity index is 577. The van der Waals surface area contributed by atoms with Crippen LogP contribution in [-0.4, -0.2) is 33.0 Å².